The van der Waals surface area contributed by atoms with Crippen molar-refractivity contribution >= 4 is 23.7 Å². The first-order chi connectivity index (χ1) is 12.7. The van der Waals surface area contributed by atoms with E-state index < -0.39 is 35.3 Å². The Labute approximate surface area is 167 Å². The summed E-state index contributed by atoms with van der Waals surface area (Å²) in [6.07, 6.45) is 1.10. The number of hydrogen-bond acceptors (Lipinski definition) is 5. The van der Waals surface area contributed by atoms with E-state index in [9.17, 15) is 19.2 Å². The highest BCUT2D eigenvalue weighted by molar-refractivity contribution is 5.90. The Morgan fingerprint density at radius 3 is 2.25 bits per heavy atom. The number of esters is 1. The number of primary amides is 1. The molecule has 0 aromatic rings. The number of amides is 3. The normalized spacial score (nSPS) is 19.5. The highest BCUT2D eigenvalue weighted by Crippen LogP contribution is 2.28. The van der Waals surface area contributed by atoms with Crippen molar-refractivity contribution < 1.29 is 23.9 Å². The number of hydrogen-bond donors (Lipinski definition) is 3. The summed E-state index contributed by atoms with van der Waals surface area (Å²) in [6, 6.07) is -0.956. The molecule has 1 aliphatic rings. The molecule has 4 N–H and O–H groups in total. The first-order valence-electron chi connectivity index (χ1n) is 9.77. The fraction of sp³-hybridized carbons (Fsp3) is 0.800. The average molecular weight is 398 g/mol. The van der Waals surface area contributed by atoms with E-state index in [2.05, 4.69) is 10.6 Å². The first-order valence-corrected chi connectivity index (χ1v) is 9.77. The Morgan fingerprint density at radius 1 is 1.21 bits per heavy atom. The van der Waals surface area contributed by atoms with Crippen LogP contribution in [0.2, 0.25) is 0 Å². The van der Waals surface area contributed by atoms with Crippen molar-refractivity contribution in [3.8, 4) is 0 Å². The number of nitrogens with one attached hydrogen (secondary N) is 2. The van der Waals surface area contributed by atoms with Gasteiger partial charge in [-0.05, 0) is 45.4 Å². The third-order valence-corrected chi connectivity index (χ3v) is 4.41. The number of carbonyl (C=O) groups excluding carboxylic acids is 4. The van der Waals surface area contributed by atoms with Gasteiger partial charge in [0.05, 0.1) is 6.42 Å². The maximum absolute atomic E-state index is 12.9. The number of nitrogens with two attached hydrogens (primary N) is 1. The minimum atomic E-state index is -0.956. The van der Waals surface area contributed by atoms with Gasteiger partial charge in [0.25, 0.3) is 0 Å². The summed E-state index contributed by atoms with van der Waals surface area (Å²) in [7, 11) is 0. The zero-order valence-electron chi connectivity index (χ0n) is 17.9. The van der Waals surface area contributed by atoms with Crippen LogP contribution in [-0.2, 0) is 23.9 Å². The summed E-state index contributed by atoms with van der Waals surface area (Å²) in [5.41, 5.74) is 4.59. The molecule has 3 atom stereocenters. The van der Waals surface area contributed by atoms with E-state index in [0.29, 0.717) is 19.4 Å². The van der Waals surface area contributed by atoms with Crippen molar-refractivity contribution in [2.24, 2.45) is 23.0 Å². The number of ether oxygens (including phenoxy) is 1. The maximum Gasteiger partial charge on any atom is 0.307 e. The van der Waals surface area contributed by atoms with Crippen LogP contribution in [0.4, 0.5) is 0 Å². The van der Waals surface area contributed by atoms with Gasteiger partial charge in [-0.1, -0.05) is 20.8 Å². The lowest BCUT2D eigenvalue weighted by Gasteiger charge is -2.28. The summed E-state index contributed by atoms with van der Waals surface area (Å²) < 4.78 is 5.34. The van der Waals surface area contributed by atoms with E-state index >= 15 is 0 Å². The molecule has 0 unspecified atom stereocenters. The molecule has 0 spiro atoms. The van der Waals surface area contributed by atoms with Crippen molar-refractivity contribution in [1.82, 2.24) is 10.6 Å². The van der Waals surface area contributed by atoms with Crippen molar-refractivity contribution in [3.63, 3.8) is 0 Å². The van der Waals surface area contributed by atoms with Gasteiger partial charge in [0.1, 0.15) is 11.6 Å². The van der Waals surface area contributed by atoms with Gasteiger partial charge in [-0.2, -0.15) is 0 Å². The molecule has 1 aliphatic heterocycles. The molecular weight excluding hydrogens is 362 g/mol. The van der Waals surface area contributed by atoms with Crippen molar-refractivity contribution in [2.75, 3.05) is 6.54 Å². The Balaban J connectivity index is 2.85. The Morgan fingerprint density at radius 2 is 1.82 bits per heavy atom. The highest BCUT2D eigenvalue weighted by atomic mass is 16.6. The van der Waals surface area contributed by atoms with E-state index in [1.165, 1.54) is 0 Å². The zero-order chi connectivity index (χ0) is 21.7. The minimum Gasteiger partial charge on any atom is -0.460 e. The number of rotatable bonds is 8. The van der Waals surface area contributed by atoms with Gasteiger partial charge in [0.2, 0.25) is 17.7 Å². The lowest BCUT2D eigenvalue weighted by molar-refractivity contribution is -0.157. The largest absolute Gasteiger partial charge is 0.460 e. The van der Waals surface area contributed by atoms with Crippen LogP contribution in [-0.4, -0.2) is 41.9 Å². The molecule has 0 aromatic heterocycles. The second-order valence-corrected chi connectivity index (χ2v) is 9.73. The van der Waals surface area contributed by atoms with Crippen molar-refractivity contribution in [3.05, 3.63) is 0 Å². The molecule has 1 fully saturated rings. The fourth-order valence-corrected chi connectivity index (χ4v) is 3.27. The maximum atomic E-state index is 12.9. The van der Waals surface area contributed by atoms with Crippen molar-refractivity contribution in [2.45, 2.75) is 78.9 Å². The second kappa shape index (κ2) is 9.39. The van der Waals surface area contributed by atoms with Gasteiger partial charge in [-0.15, -0.1) is 0 Å². The summed E-state index contributed by atoms with van der Waals surface area (Å²) in [5, 5.41) is 5.36. The van der Waals surface area contributed by atoms with Gasteiger partial charge in [-0.25, -0.2) is 0 Å². The van der Waals surface area contributed by atoms with Gasteiger partial charge in [-0.3, -0.25) is 19.2 Å². The van der Waals surface area contributed by atoms with Crippen LogP contribution >= 0.6 is 0 Å². The van der Waals surface area contributed by atoms with Gasteiger partial charge >= 0.3 is 5.97 Å². The van der Waals surface area contributed by atoms with Crippen LogP contribution in [0.25, 0.3) is 0 Å². The predicted octanol–water partition coefficient (Wildman–Crippen LogP) is 1.27. The van der Waals surface area contributed by atoms with Crippen LogP contribution < -0.4 is 16.4 Å². The molecule has 0 aromatic carbocycles. The SMILES string of the molecule is CC(C)(C)C[C@H](CC(=O)OC(C)(C)C)C(=O)N[C@@H](C[C@@H]1CCNC1=O)C(N)=O. The monoisotopic (exact) mass is 397 g/mol. The summed E-state index contributed by atoms with van der Waals surface area (Å²) >= 11 is 0. The van der Waals surface area contributed by atoms with Crippen LogP contribution in [0.1, 0.15) is 67.2 Å². The average Bonchev–Trinajstić information content (AvgIpc) is 2.87. The second-order valence-electron chi connectivity index (χ2n) is 9.73. The molecule has 8 nitrogen and oxygen atoms in total. The topological polar surface area (TPSA) is 128 Å². The Hall–Kier alpha value is -2.12. The molecule has 3 amide bonds. The summed E-state index contributed by atoms with van der Waals surface area (Å²) in [5.74, 6) is -2.75. The minimum absolute atomic E-state index is 0.0875. The molecule has 1 heterocycles. The van der Waals surface area contributed by atoms with Gasteiger partial charge in [0, 0.05) is 18.4 Å². The van der Waals surface area contributed by atoms with E-state index in [1.807, 2.05) is 20.8 Å². The van der Waals surface area contributed by atoms with Crippen LogP contribution in [0.3, 0.4) is 0 Å². The first kappa shape index (κ1) is 23.9. The van der Waals surface area contributed by atoms with Crippen LogP contribution in [0.5, 0.6) is 0 Å². The van der Waals surface area contributed by atoms with E-state index in [-0.39, 0.29) is 30.1 Å². The molecule has 0 aliphatic carbocycles. The lowest BCUT2D eigenvalue weighted by atomic mass is 9.82. The fourth-order valence-electron chi connectivity index (χ4n) is 3.27. The third kappa shape index (κ3) is 8.71. The van der Waals surface area contributed by atoms with Crippen LogP contribution in [0.15, 0.2) is 0 Å². The molecule has 0 bridgehead atoms. The van der Waals surface area contributed by atoms with E-state index in [4.69, 9.17) is 10.5 Å². The van der Waals surface area contributed by atoms with E-state index in [0.717, 1.165) is 0 Å². The Kier molecular flexibility index (Phi) is 8.02. The lowest BCUT2D eigenvalue weighted by Crippen LogP contribution is -2.48. The summed E-state index contributed by atoms with van der Waals surface area (Å²) in [6.45, 7) is 11.7. The predicted molar refractivity (Wildman–Crippen MR) is 105 cm³/mol. The Bertz CT molecular complexity index is 604. The standard InChI is InChI=1S/C20H35N3O5/c1-19(2,3)11-13(10-15(24)28-20(4,5)6)18(27)23-14(16(21)25)9-12-7-8-22-17(12)26/h12-14H,7-11H2,1-6H3,(H2,21,25)(H,22,26)(H,23,27)/t12-,13-,14-/m0/s1. The summed E-state index contributed by atoms with van der Waals surface area (Å²) in [4.78, 5) is 48.7. The quantitative estimate of drug-likeness (QED) is 0.531. The molecule has 0 saturated carbocycles. The van der Waals surface area contributed by atoms with Crippen molar-refractivity contribution in [1.29, 1.82) is 0 Å². The van der Waals surface area contributed by atoms with Gasteiger partial charge < -0.3 is 21.1 Å². The molecule has 160 valence electrons. The number of carbonyl (C=O) groups is 4. The third-order valence-electron chi connectivity index (χ3n) is 4.41. The molecule has 1 rings (SSSR count). The van der Waals surface area contributed by atoms with Crippen LogP contribution in [0, 0.1) is 17.3 Å². The highest BCUT2D eigenvalue weighted by Gasteiger charge is 2.34. The van der Waals surface area contributed by atoms with Gasteiger partial charge in [0.15, 0.2) is 0 Å². The zero-order valence-corrected chi connectivity index (χ0v) is 17.9. The molecule has 8 heteroatoms. The molecule has 1 saturated heterocycles. The molecular formula is C20H35N3O5. The molecule has 28 heavy (non-hydrogen) atoms. The smallest absolute Gasteiger partial charge is 0.307 e. The van der Waals surface area contributed by atoms with E-state index in [1.54, 1.807) is 20.8 Å². The molecule has 0 radical (unpaired) electrons.